The number of hydrogen-bond acceptors (Lipinski definition) is 3. The SMILES string of the molecule is CCC(CC)n1ccc(CNCc2cnn(C)c2)n1. The van der Waals surface area contributed by atoms with Gasteiger partial charge < -0.3 is 5.32 Å². The summed E-state index contributed by atoms with van der Waals surface area (Å²) >= 11 is 0. The van der Waals surface area contributed by atoms with Crippen molar-refractivity contribution in [1.82, 2.24) is 24.9 Å². The first-order chi connectivity index (χ1) is 9.22. The van der Waals surface area contributed by atoms with Crippen molar-refractivity contribution in [3.05, 3.63) is 35.9 Å². The van der Waals surface area contributed by atoms with Crippen molar-refractivity contribution in [1.29, 1.82) is 0 Å². The van der Waals surface area contributed by atoms with Gasteiger partial charge in [-0.05, 0) is 18.9 Å². The fourth-order valence-corrected chi connectivity index (χ4v) is 2.24. The molecule has 0 atom stereocenters. The summed E-state index contributed by atoms with van der Waals surface area (Å²) in [6, 6.07) is 2.61. The maximum atomic E-state index is 4.62. The first kappa shape index (κ1) is 13.8. The van der Waals surface area contributed by atoms with Gasteiger partial charge in [0, 0.05) is 38.1 Å². The van der Waals surface area contributed by atoms with Crippen LogP contribution in [-0.4, -0.2) is 19.6 Å². The minimum absolute atomic E-state index is 0.520. The van der Waals surface area contributed by atoms with E-state index in [-0.39, 0.29) is 0 Å². The summed E-state index contributed by atoms with van der Waals surface area (Å²) in [5.74, 6) is 0. The molecule has 104 valence electrons. The zero-order valence-electron chi connectivity index (χ0n) is 12.0. The molecule has 0 fully saturated rings. The largest absolute Gasteiger partial charge is 0.307 e. The number of rotatable bonds is 7. The third kappa shape index (κ3) is 3.67. The van der Waals surface area contributed by atoms with Gasteiger partial charge in [-0.15, -0.1) is 0 Å². The molecule has 2 heterocycles. The van der Waals surface area contributed by atoms with E-state index in [2.05, 4.69) is 46.3 Å². The Morgan fingerprint density at radius 2 is 2.05 bits per heavy atom. The molecule has 2 rings (SSSR count). The van der Waals surface area contributed by atoms with Crippen LogP contribution in [0.15, 0.2) is 24.7 Å². The Hall–Kier alpha value is -1.62. The van der Waals surface area contributed by atoms with Crippen molar-refractivity contribution < 1.29 is 0 Å². The fourth-order valence-electron chi connectivity index (χ4n) is 2.24. The zero-order chi connectivity index (χ0) is 13.7. The van der Waals surface area contributed by atoms with Gasteiger partial charge in [0.05, 0.1) is 17.9 Å². The summed E-state index contributed by atoms with van der Waals surface area (Å²) in [4.78, 5) is 0. The summed E-state index contributed by atoms with van der Waals surface area (Å²) in [5, 5.41) is 12.2. The lowest BCUT2D eigenvalue weighted by atomic mass is 10.2. The molecule has 0 spiro atoms. The van der Waals surface area contributed by atoms with Crippen molar-refractivity contribution in [3.8, 4) is 0 Å². The molecule has 0 aliphatic rings. The van der Waals surface area contributed by atoms with Gasteiger partial charge in [0.1, 0.15) is 0 Å². The number of aryl methyl sites for hydroxylation is 1. The number of hydrogen-bond donors (Lipinski definition) is 1. The van der Waals surface area contributed by atoms with E-state index in [1.54, 1.807) is 0 Å². The molecule has 0 aliphatic carbocycles. The molecule has 0 saturated carbocycles. The van der Waals surface area contributed by atoms with E-state index in [1.807, 2.05) is 24.1 Å². The van der Waals surface area contributed by atoms with E-state index >= 15 is 0 Å². The fraction of sp³-hybridized carbons (Fsp3) is 0.571. The number of nitrogens with one attached hydrogen (secondary N) is 1. The Kier molecular flexibility index (Phi) is 4.74. The van der Waals surface area contributed by atoms with Gasteiger partial charge in [-0.25, -0.2) is 0 Å². The highest BCUT2D eigenvalue weighted by atomic mass is 15.3. The Morgan fingerprint density at radius 3 is 2.68 bits per heavy atom. The van der Waals surface area contributed by atoms with E-state index in [0.29, 0.717) is 6.04 Å². The molecule has 2 aromatic rings. The number of nitrogens with zero attached hydrogens (tertiary/aromatic N) is 4. The predicted octanol–water partition coefficient (Wildman–Crippen LogP) is 2.27. The lowest BCUT2D eigenvalue weighted by Gasteiger charge is -2.12. The van der Waals surface area contributed by atoms with E-state index in [0.717, 1.165) is 31.6 Å². The summed E-state index contributed by atoms with van der Waals surface area (Å²) < 4.78 is 3.90. The maximum absolute atomic E-state index is 4.62. The second-order valence-electron chi connectivity index (χ2n) is 4.88. The second-order valence-corrected chi connectivity index (χ2v) is 4.88. The molecule has 0 amide bonds. The van der Waals surface area contributed by atoms with Crippen molar-refractivity contribution in [2.45, 2.75) is 45.8 Å². The smallest absolute Gasteiger partial charge is 0.0762 e. The quantitative estimate of drug-likeness (QED) is 0.831. The molecule has 0 aromatic carbocycles. The predicted molar refractivity (Wildman–Crippen MR) is 75.6 cm³/mol. The van der Waals surface area contributed by atoms with Crippen molar-refractivity contribution >= 4 is 0 Å². The topological polar surface area (TPSA) is 47.7 Å². The van der Waals surface area contributed by atoms with Crippen molar-refractivity contribution in [2.24, 2.45) is 7.05 Å². The van der Waals surface area contributed by atoms with Crippen molar-refractivity contribution in [3.63, 3.8) is 0 Å². The van der Waals surface area contributed by atoms with Gasteiger partial charge in [0.2, 0.25) is 0 Å². The van der Waals surface area contributed by atoms with Crippen LogP contribution in [0.3, 0.4) is 0 Å². The third-order valence-electron chi connectivity index (χ3n) is 3.37. The Balaban J connectivity index is 1.83. The van der Waals surface area contributed by atoms with Crippen LogP contribution in [0, 0.1) is 0 Å². The lowest BCUT2D eigenvalue weighted by Crippen LogP contribution is -2.14. The first-order valence-corrected chi connectivity index (χ1v) is 6.95. The second kappa shape index (κ2) is 6.52. The first-order valence-electron chi connectivity index (χ1n) is 6.95. The van der Waals surface area contributed by atoms with Crippen LogP contribution < -0.4 is 5.32 Å². The summed E-state index contributed by atoms with van der Waals surface area (Å²) in [7, 11) is 1.93. The van der Waals surface area contributed by atoms with Crippen LogP contribution in [0.4, 0.5) is 0 Å². The zero-order valence-corrected chi connectivity index (χ0v) is 12.0. The van der Waals surface area contributed by atoms with Crippen LogP contribution in [0.5, 0.6) is 0 Å². The van der Waals surface area contributed by atoms with E-state index in [4.69, 9.17) is 0 Å². The van der Waals surface area contributed by atoms with Crippen LogP contribution >= 0.6 is 0 Å². The van der Waals surface area contributed by atoms with E-state index < -0.39 is 0 Å². The molecule has 0 aliphatic heterocycles. The van der Waals surface area contributed by atoms with Gasteiger partial charge in [-0.2, -0.15) is 10.2 Å². The van der Waals surface area contributed by atoms with Crippen LogP contribution in [-0.2, 0) is 20.1 Å². The molecular formula is C14H23N5. The minimum Gasteiger partial charge on any atom is -0.307 e. The van der Waals surface area contributed by atoms with Crippen LogP contribution in [0.1, 0.15) is 44.0 Å². The van der Waals surface area contributed by atoms with Gasteiger partial charge in [-0.1, -0.05) is 13.8 Å². The monoisotopic (exact) mass is 261 g/mol. The van der Waals surface area contributed by atoms with Gasteiger partial charge in [0.15, 0.2) is 0 Å². The Morgan fingerprint density at radius 1 is 1.26 bits per heavy atom. The average Bonchev–Trinajstić information content (AvgIpc) is 3.01. The third-order valence-corrected chi connectivity index (χ3v) is 3.37. The normalized spacial score (nSPS) is 11.4. The number of aromatic nitrogens is 4. The van der Waals surface area contributed by atoms with Crippen LogP contribution in [0.2, 0.25) is 0 Å². The van der Waals surface area contributed by atoms with Crippen molar-refractivity contribution in [2.75, 3.05) is 0 Å². The molecule has 1 N–H and O–H groups in total. The van der Waals surface area contributed by atoms with E-state index in [9.17, 15) is 0 Å². The highest BCUT2D eigenvalue weighted by Gasteiger charge is 2.07. The summed E-state index contributed by atoms with van der Waals surface area (Å²) in [5.41, 5.74) is 2.29. The molecular weight excluding hydrogens is 238 g/mol. The molecule has 0 unspecified atom stereocenters. The van der Waals surface area contributed by atoms with E-state index in [1.165, 1.54) is 5.56 Å². The van der Waals surface area contributed by atoms with Gasteiger partial charge in [-0.3, -0.25) is 9.36 Å². The molecule has 0 saturated heterocycles. The standard InChI is InChI=1S/C14H23N5/c1-4-14(5-2)19-7-6-13(17-19)10-15-8-12-9-16-18(3)11-12/h6-7,9,11,14-15H,4-5,8,10H2,1-3H3. The molecule has 0 radical (unpaired) electrons. The lowest BCUT2D eigenvalue weighted by molar-refractivity contribution is 0.424. The summed E-state index contributed by atoms with van der Waals surface area (Å²) in [6.07, 6.45) is 8.24. The molecule has 2 aromatic heterocycles. The highest BCUT2D eigenvalue weighted by Crippen LogP contribution is 2.14. The highest BCUT2D eigenvalue weighted by molar-refractivity contribution is 5.04. The van der Waals surface area contributed by atoms with Gasteiger partial charge in [0.25, 0.3) is 0 Å². The molecule has 5 nitrogen and oxygen atoms in total. The molecule has 19 heavy (non-hydrogen) atoms. The van der Waals surface area contributed by atoms with Gasteiger partial charge >= 0.3 is 0 Å². The van der Waals surface area contributed by atoms with Crippen LogP contribution in [0.25, 0.3) is 0 Å². The molecule has 0 bridgehead atoms. The summed E-state index contributed by atoms with van der Waals surface area (Å²) in [6.45, 7) is 6.03. The maximum Gasteiger partial charge on any atom is 0.0762 e. The minimum atomic E-state index is 0.520. The Bertz CT molecular complexity index is 495. The Labute approximate surface area is 114 Å². The average molecular weight is 261 g/mol. The molecule has 5 heteroatoms.